The van der Waals surface area contributed by atoms with Crippen LogP contribution in [-0.2, 0) is 13.1 Å². The molecule has 0 unspecified atom stereocenters. The SMILES string of the molecule is CCCOc1ncccc1CNC(=NC)NCc1ccc(F)c(C)c1. The second-order valence-electron chi connectivity index (χ2n) is 5.68. The average Bonchev–Trinajstić information content (AvgIpc) is 2.63. The van der Waals surface area contributed by atoms with Crippen LogP contribution in [0.5, 0.6) is 5.88 Å². The van der Waals surface area contributed by atoms with Crippen molar-refractivity contribution < 1.29 is 9.13 Å². The van der Waals surface area contributed by atoms with Crippen LogP contribution < -0.4 is 15.4 Å². The van der Waals surface area contributed by atoms with Gasteiger partial charge >= 0.3 is 0 Å². The standard InChI is InChI=1S/C19H25FN4O/c1-4-10-25-18-16(6-5-9-22-18)13-24-19(21-3)23-12-15-7-8-17(20)14(2)11-15/h5-9,11H,4,10,12-13H2,1-3H3,(H2,21,23,24). The third-order valence-corrected chi connectivity index (χ3v) is 3.65. The fourth-order valence-electron chi connectivity index (χ4n) is 2.29. The first kappa shape index (κ1) is 18.7. The molecule has 2 N–H and O–H groups in total. The molecule has 5 nitrogen and oxygen atoms in total. The molecule has 1 heterocycles. The number of hydrogen-bond donors (Lipinski definition) is 2. The van der Waals surface area contributed by atoms with E-state index < -0.39 is 0 Å². The van der Waals surface area contributed by atoms with Gasteiger partial charge in [0.05, 0.1) is 6.61 Å². The number of pyridine rings is 1. The summed E-state index contributed by atoms with van der Waals surface area (Å²) < 4.78 is 19.0. The highest BCUT2D eigenvalue weighted by Crippen LogP contribution is 2.14. The van der Waals surface area contributed by atoms with Crippen LogP contribution in [0.15, 0.2) is 41.5 Å². The molecule has 0 aliphatic carbocycles. The lowest BCUT2D eigenvalue weighted by molar-refractivity contribution is 0.301. The highest BCUT2D eigenvalue weighted by Gasteiger charge is 2.06. The number of benzene rings is 1. The first-order valence-electron chi connectivity index (χ1n) is 8.40. The molecule has 0 aliphatic heterocycles. The molecule has 0 aliphatic rings. The Morgan fingerprint density at radius 3 is 2.76 bits per heavy atom. The molecule has 1 aromatic carbocycles. The summed E-state index contributed by atoms with van der Waals surface area (Å²) in [5, 5.41) is 6.46. The van der Waals surface area contributed by atoms with Gasteiger partial charge in [-0.1, -0.05) is 25.1 Å². The summed E-state index contributed by atoms with van der Waals surface area (Å²) in [6, 6.07) is 8.93. The average molecular weight is 344 g/mol. The molecule has 0 bridgehead atoms. The van der Waals surface area contributed by atoms with Gasteiger partial charge in [0.2, 0.25) is 5.88 Å². The highest BCUT2D eigenvalue weighted by molar-refractivity contribution is 5.79. The van der Waals surface area contributed by atoms with Crippen molar-refractivity contribution in [3.05, 3.63) is 59.0 Å². The zero-order valence-corrected chi connectivity index (χ0v) is 15.0. The number of nitrogens with zero attached hydrogens (tertiary/aromatic N) is 2. The van der Waals surface area contributed by atoms with Gasteiger partial charge in [-0.25, -0.2) is 9.37 Å². The Morgan fingerprint density at radius 2 is 2.04 bits per heavy atom. The van der Waals surface area contributed by atoms with Crippen LogP contribution in [0.2, 0.25) is 0 Å². The van der Waals surface area contributed by atoms with Gasteiger partial charge in [-0.05, 0) is 36.6 Å². The molecular weight excluding hydrogens is 319 g/mol. The predicted molar refractivity (Wildman–Crippen MR) is 98.2 cm³/mol. The van der Waals surface area contributed by atoms with Gasteiger partial charge in [0, 0.05) is 31.9 Å². The minimum atomic E-state index is -0.192. The third-order valence-electron chi connectivity index (χ3n) is 3.65. The minimum absolute atomic E-state index is 0.192. The molecule has 0 atom stereocenters. The van der Waals surface area contributed by atoms with Crippen LogP contribution in [0.4, 0.5) is 4.39 Å². The van der Waals surface area contributed by atoms with E-state index in [1.54, 1.807) is 26.2 Å². The summed E-state index contributed by atoms with van der Waals surface area (Å²) in [5.74, 6) is 1.11. The molecule has 0 radical (unpaired) electrons. The fraction of sp³-hybridized carbons (Fsp3) is 0.368. The number of aliphatic imine (C=N–C) groups is 1. The van der Waals surface area contributed by atoms with Gasteiger partial charge in [-0.3, -0.25) is 4.99 Å². The molecular formula is C19H25FN4O. The first-order valence-corrected chi connectivity index (χ1v) is 8.40. The van der Waals surface area contributed by atoms with Crippen LogP contribution in [0, 0.1) is 12.7 Å². The predicted octanol–water partition coefficient (Wildman–Crippen LogP) is 3.18. The van der Waals surface area contributed by atoms with E-state index in [9.17, 15) is 4.39 Å². The number of rotatable bonds is 7. The number of halogens is 1. The number of ether oxygens (including phenoxy) is 1. The van der Waals surface area contributed by atoms with Crippen molar-refractivity contribution in [3.63, 3.8) is 0 Å². The fourth-order valence-corrected chi connectivity index (χ4v) is 2.29. The first-order chi connectivity index (χ1) is 12.1. The molecule has 0 amide bonds. The topological polar surface area (TPSA) is 58.5 Å². The molecule has 134 valence electrons. The molecule has 25 heavy (non-hydrogen) atoms. The van der Waals surface area contributed by atoms with E-state index >= 15 is 0 Å². The lowest BCUT2D eigenvalue weighted by atomic mass is 10.1. The van der Waals surface area contributed by atoms with Crippen LogP contribution >= 0.6 is 0 Å². The lowest BCUT2D eigenvalue weighted by Crippen LogP contribution is -2.36. The summed E-state index contributed by atoms with van der Waals surface area (Å²) in [5.41, 5.74) is 2.60. The zero-order chi connectivity index (χ0) is 18.1. The van der Waals surface area contributed by atoms with E-state index in [1.807, 2.05) is 18.2 Å². The van der Waals surface area contributed by atoms with Crippen molar-refractivity contribution in [1.29, 1.82) is 0 Å². The van der Waals surface area contributed by atoms with Crippen molar-refractivity contribution >= 4 is 5.96 Å². The van der Waals surface area contributed by atoms with E-state index in [2.05, 4.69) is 27.5 Å². The lowest BCUT2D eigenvalue weighted by Gasteiger charge is -2.14. The molecule has 0 fully saturated rings. The van der Waals surface area contributed by atoms with E-state index in [1.165, 1.54) is 6.07 Å². The molecule has 0 saturated carbocycles. The Bertz CT molecular complexity index is 718. The Labute approximate surface area is 148 Å². The van der Waals surface area contributed by atoms with E-state index in [0.717, 1.165) is 17.5 Å². The molecule has 2 rings (SSSR count). The highest BCUT2D eigenvalue weighted by atomic mass is 19.1. The Kier molecular flexibility index (Phi) is 7.19. The van der Waals surface area contributed by atoms with Gasteiger partial charge in [-0.2, -0.15) is 0 Å². The van der Waals surface area contributed by atoms with Gasteiger partial charge < -0.3 is 15.4 Å². The normalized spacial score (nSPS) is 11.3. The van der Waals surface area contributed by atoms with Crippen LogP contribution in [-0.4, -0.2) is 24.6 Å². The Morgan fingerprint density at radius 1 is 1.24 bits per heavy atom. The number of hydrogen-bond acceptors (Lipinski definition) is 3. The van der Waals surface area contributed by atoms with Crippen molar-refractivity contribution in [2.24, 2.45) is 4.99 Å². The summed E-state index contributed by atoms with van der Waals surface area (Å²) in [6.45, 7) is 5.57. The molecule has 0 saturated heterocycles. The third kappa shape index (κ3) is 5.74. The van der Waals surface area contributed by atoms with Crippen molar-refractivity contribution in [2.75, 3.05) is 13.7 Å². The monoisotopic (exact) mass is 344 g/mol. The van der Waals surface area contributed by atoms with Crippen molar-refractivity contribution in [1.82, 2.24) is 15.6 Å². The van der Waals surface area contributed by atoms with Crippen LogP contribution in [0.1, 0.15) is 30.0 Å². The van der Waals surface area contributed by atoms with Gasteiger partial charge in [0.1, 0.15) is 5.82 Å². The zero-order valence-electron chi connectivity index (χ0n) is 15.0. The summed E-state index contributed by atoms with van der Waals surface area (Å²) in [6.07, 6.45) is 2.65. The van der Waals surface area contributed by atoms with Crippen molar-refractivity contribution in [3.8, 4) is 5.88 Å². The summed E-state index contributed by atoms with van der Waals surface area (Å²) in [4.78, 5) is 8.48. The molecule has 0 spiro atoms. The number of nitrogens with one attached hydrogen (secondary N) is 2. The maximum absolute atomic E-state index is 13.3. The maximum atomic E-state index is 13.3. The number of aromatic nitrogens is 1. The van der Waals surface area contributed by atoms with E-state index in [-0.39, 0.29) is 5.82 Å². The quantitative estimate of drug-likeness (QED) is 0.598. The second-order valence-corrected chi connectivity index (χ2v) is 5.68. The number of guanidine groups is 1. The Balaban J connectivity index is 1.91. The molecule has 1 aromatic heterocycles. The minimum Gasteiger partial charge on any atom is -0.477 e. The van der Waals surface area contributed by atoms with Crippen LogP contribution in [0.25, 0.3) is 0 Å². The van der Waals surface area contributed by atoms with Crippen LogP contribution in [0.3, 0.4) is 0 Å². The Hall–Kier alpha value is -2.63. The van der Waals surface area contributed by atoms with E-state index in [0.29, 0.717) is 37.1 Å². The van der Waals surface area contributed by atoms with Crippen molar-refractivity contribution in [2.45, 2.75) is 33.4 Å². The largest absolute Gasteiger partial charge is 0.477 e. The smallest absolute Gasteiger partial charge is 0.218 e. The summed E-state index contributed by atoms with van der Waals surface area (Å²) >= 11 is 0. The van der Waals surface area contributed by atoms with Gasteiger partial charge in [0.15, 0.2) is 5.96 Å². The maximum Gasteiger partial charge on any atom is 0.218 e. The summed E-state index contributed by atoms with van der Waals surface area (Å²) in [7, 11) is 1.71. The molecule has 6 heteroatoms. The van der Waals surface area contributed by atoms with Gasteiger partial charge in [0.25, 0.3) is 0 Å². The second kappa shape index (κ2) is 9.61. The van der Waals surface area contributed by atoms with E-state index in [4.69, 9.17) is 4.74 Å². The molecule has 2 aromatic rings. The number of aryl methyl sites for hydroxylation is 1. The van der Waals surface area contributed by atoms with Gasteiger partial charge in [-0.15, -0.1) is 0 Å².